The SMILES string of the molecule is COc1cc2[nH]c(-c3ccccc3S(C)(=O)=O)c(O)c(=O)c2cc1-c1cnco1. The molecule has 0 bridgehead atoms. The number of oxazole rings is 1. The van der Waals surface area contributed by atoms with E-state index in [1.807, 2.05) is 0 Å². The topological polar surface area (TPSA) is 122 Å². The number of rotatable bonds is 4. The molecule has 2 aromatic heterocycles. The first-order valence-electron chi connectivity index (χ1n) is 8.46. The molecule has 2 N–H and O–H groups in total. The number of nitrogens with one attached hydrogen (secondary N) is 1. The van der Waals surface area contributed by atoms with Crippen molar-refractivity contribution in [2.75, 3.05) is 13.4 Å². The third kappa shape index (κ3) is 3.15. The van der Waals surface area contributed by atoms with Crippen molar-refractivity contribution in [3.8, 4) is 34.1 Å². The lowest BCUT2D eigenvalue weighted by atomic mass is 10.0. The number of hydrogen-bond donors (Lipinski definition) is 2. The van der Waals surface area contributed by atoms with E-state index in [0.29, 0.717) is 22.6 Å². The molecule has 0 unspecified atom stereocenters. The largest absolute Gasteiger partial charge is 0.503 e. The summed E-state index contributed by atoms with van der Waals surface area (Å²) < 4.78 is 35.0. The highest BCUT2D eigenvalue weighted by atomic mass is 32.2. The van der Waals surface area contributed by atoms with E-state index in [0.717, 1.165) is 6.26 Å². The van der Waals surface area contributed by atoms with Crippen LogP contribution in [0.4, 0.5) is 0 Å². The number of H-pyrrole nitrogens is 1. The number of aromatic hydroxyl groups is 1. The summed E-state index contributed by atoms with van der Waals surface area (Å²) in [6, 6.07) is 9.25. The number of methoxy groups -OCH3 is 1. The number of ether oxygens (including phenoxy) is 1. The first kappa shape index (κ1) is 18.8. The van der Waals surface area contributed by atoms with E-state index in [9.17, 15) is 18.3 Å². The van der Waals surface area contributed by atoms with Gasteiger partial charge in [-0.1, -0.05) is 18.2 Å². The van der Waals surface area contributed by atoms with Crippen molar-refractivity contribution in [1.82, 2.24) is 9.97 Å². The molecule has 4 aromatic rings. The lowest BCUT2D eigenvalue weighted by molar-refractivity contribution is 0.415. The predicted molar refractivity (Wildman–Crippen MR) is 107 cm³/mol. The zero-order valence-electron chi connectivity index (χ0n) is 15.5. The number of pyridine rings is 1. The van der Waals surface area contributed by atoms with E-state index in [1.165, 1.54) is 37.9 Å². The molecule has 0 spiro atoms. The Bertz CT molecular complexity index is 1390. The van der Waals surface area contributed by atoms with Crippen molar-refractivity contribution in [2.45, 2.75) is 4.90 Å². The van der Waals surface area contributed by atoms with Crippen LogP contribution < -0.4 is 10.2 Å². The van der Waals surface area contributed by atoms with Crippen LogP contribution in [0, 0.1) is 0 Å². The maximum Gasteiger partial charge on any atom is 0.231 e. The van der Waals surface area contributed by atoms with E-state index >= 15 is 0 Å². The Labute approximate surface area is 165 Å². The molecule has 0 amide bonds. The second kappa shape index (κ2) is 6.78. The standard InChI is InChI=1S/C20H16N2O6S/c1-27-15-8-14-12(7-13(15)16-9-21-10-28-16)19(23)20(24)18(22-14)11-5-3-4-6-17(11)29(2,25)26/h3-10,24H,1-2H3,(H,22,23). The Morgan fingerprint density at radius 2 is 1.93 bits per heavy atom. The minimum Gasteiger partial charge on any atom is -0.503 e. The molecule has 0 aliphatic heterocycles. The van der Waals surface area contributed by atoms with Crippen LogP contribution in [0.15, 0.2) is 63.1 Å². The molecule has 0 fully saturated rings. The van der Waals surface area contributed by atoms with Gasteiger partial charge in [-0.15, -0.1) is 0 Å². The second-order valence-electron chi connectivity index (χ2n) is 6.41. The van der Waals surface area contributed by atoms with Gasteiger partial charge in [0.15, 0.2) is 27.7 Å². The fourth-order valence-corrected chi connectivity index (χ4v) is 4.10. The van der Waals surface area contributed by atoms with Crippen molar-refractivity contribution >= 4 is 20.7 Å². The molecule has 29 heavy (non-hydrogen) atoms. The molecular formula is C20H16N2O6S. The molecule has 2 aromatic carbocycles. The maximum absolute atomic E-state index is 12.9. The molecule has 0 aliphatic carbocycles. The second-order valence-corrected chi connectivity index (χ2v) is 8.39. The van der Waals surface area contributed by atoms with Gasteiger partial charge in [0.05, 0.1) is 40.4 Å². The summed E-state index contributed by atoms with van der Waals surface area (Å²) in [5.41, 5.74) is 0.418. The number of aromatic amines is 1. The highest BCUT2D eigenvalue weighted by Crippen LogP contribution is 2.36. The van der Waals surface area contributed by atoms with Crippen LogP contribution in [0.1, 0.15) is 0 Å². The average Bonchev–Trinajstić information content (AvgIpc) is 3.24. The molecule has 0 atom stereocenters. The third-order valence-electron chi connectivity index (χ3n) is 4.55. The summed E-state index contributed by atoms with van der Waals surface area (Å²) in [6.07, 6.45) is 3.80. The maximum atomic E-state index is 12.9. The molecule has 4 rings (SSSR count). The molecule has 8 nitrogen and oxygen atoms in total. The van der Waals surface area contributed by atoms with Crippen LogP contribution in [-0.4, -0.2) is 36.9 Å². The lowest BCUT2D eigenvalue weighted by Crippen LogP contribution is -2.08. The molecule has 0 saturated heterocycles. The number of aromatic nitrogens is 2. The lowest BCUT2D eigenvalue weighted by Gasteiger charge is -2.13. The summed E-state index contributed by atoms with van der Waals surface area (Å²) in [5, 5.41) is 10.8. The molecular weight excluding hydrogens is 396 g/mol. The molecule has 0 saturated carbocycles. The summed E-state index contributed by atoms with van der Waals surface area (Å²) in [6.45, 7) is 0. The predicted octanol–water partition coefficient (Wildman–Crippen LogP) is 2.97. The van der Waals surface area contributed by atoms with Crippen LogP contribution in [0.2, 0.25) is 0 Å². The molecule has 0 radical (unpaired) electrons. The normalized spacial score (nSPS) is 11.7. The van der Waals surface area contributed by atoms with Gasteiger partial charge in [0.25, 0.3) is 0 Å². The monoisotopic (exact) mass is 412 g/mol. The fourth-order valence-electron chi connectivity index (χ4n) is 3.21. The average molecular weight is 412 g/mol. The molecule has 2 heterocycles. The zero-order valence-corrected chi connectivity index (χ0v) is 16.3. The van der Waals surface area contributed by atoms with Gasteiger partial charge in [0.2, 0.25) is 5.43 Å². The number of sulfone groups is 1. The van der Waals surface area contributed by atoms with Crippen molar-refractivity contribution in [3.63, 3.8) is 0 Å². The Morgan fingerprint density at radius 3 is 2.59 bits per heavy atom. The Kier molecular flexibility index (Phi) is 4.39. The molecule has 9 heteroatoms. The smallest absolute Gasteiger partial charge is 0.231 e. The minimum atomic E-state index is -3.59. The van der Waals surface area contributed by atoms with E-state index < -0.39 is 21.0 Å². The van der Waals surface area contributed by atoms with Gasteiger partial charge in [0, 0.05) is 17.9 Å². The Morgan fingerprint density at radius 1 is 1.17 bits per heavy atom. The van der Waals surface area contributed by atoms with E-state index in [-0.39, 0.29) is 21.5 Å². The molecule has 0 aliphatic rings. The minimum absolute atomic E-state index is 0.00412. The van der Waals surface area contributed by atoms with Crippen LogP contribution in [0.25, 0.3) is 33.5 Å². The Balaban J connectivity index is 2.05. The van der Waals surface area contributed by atoms with Gasteiger partial charge in [-0.25, -0.2) is 13.4 Å². The zero-order chi connectivity index (χ0) is 20.8. The third-order valence-corrected chi connectivity index (χ3v) is 5.70. The van der Waals surface area contributed by atoms with Gasteiger partial charge in [-0.2, -0.15) is 0 Å². The van der Waals surface area contributed by atoms with Crippen molar-refractivity contribution < 1.29 is 22.7 Å². The van der Waals surface area contributed by atoms with E-state index in [1.54, 1.807) is 18.2 Å². The number of benzene rings is 2. The first-order chi connectivity index (χ1) is 13.8. The van der Waals surface area contributed by atoms with Crippen molar-refractivity contribution in [2.24, 2.45) is 0 Å². The van der Waals surface area contributed by atoms with Gasteiger partial charge in [-0.3, -0.25) is 4.79 Å². The Hall–Kier alpha value is -3.59. The van der Waals surface area contributed by atoms with Crippen LogP contribution in [0.5, 0.6) is 11.5 Å². The van der Waals surface area contributed by atoms with Crippen molar-refractivity contribution in [1.29, 1.82) is 0 Å². The highest BCUT2D eigenvalue weighted by Gasteiger charge is 2.21. The van der Waals surface area contributed by atoms with Gasteiger partial charge >= 0.3 is 0 Å². The van der Waals surface area contributed by atoms with E-state index in [4.69, 9.17) is 9.15 Å². The van der Waals surface area contributed by atoms with Gasteiger partial charge in [0.1, 0.15) is 5.75 Å². The van der Waals surface area contributed by atoms with Gasteiger partial charge in [-0.05, 0) is 12.1 Å². The summed E-state index contributed by atoms with van der Waals surface area (Å²) in [5.74, 6) is 0.231. The van der Waals surface area contributed by atoms with E-state index in [2.05, 4.69) is 9.97 Å². The molecule has 148 valence electrons. The van der Waals surface area contributed by atoms with Crippen molar-refractivity contribution in [3.05, 3.63) is 59.2 Å². The number of hydrogen-bond acceptors (Lipinski definition) is 7. The summed E-state index contributed by atoms with van der Waals surface area (Å²) in [4.78, 5) is 19.7. The van der Waals surface area contributed by atoms with Crippen LogP contribution in [0.3, 0.4) is 0 Å². The first-order valence-corrected chi connectivity index (χ1v) is 10.4. The highest BCUT2D eigenvalue weighted by molar-refractivity contribution is 7.90. The quantitative estimate of drug-likeness (QED) is 0.528. The fraction of sp³-hybridized carbons (Fsp3) is 0.100. The number of fused-ring (bicyclic) bond motifs is 1. The van der Waals surface area contributed by atoms with Gasteiger partial charge < -0.3 is 19.2 Å². The number of nitrogens with zero attached hydrogens (tertiary/aromatic N) is 1. The summed E-state index contributed by atoms with van der Waals surface area (Å²) >= 11 is 0. The van der Waals surface area contributed by atoms with Crippen LogP contribution >= 0.6 is 0 Å². The summed E-state index contributed by atoms with van der Waals surface area (Å²) in [7, 11) is -2.12. The van der Waals surface area contributed by atoms with Crippen LogP contribution in [-0.2, 0) is 9.84 Å².